The molecule has 0 spiro atoms. The molecule has 146 valence electrons. The van der Waals surface area contributed by atoms with Crippen LogP contribution in [0.4, 0.5) is 32.0 Å². The van der Waals surface area contributed by atoms with Crippen molar-refractivity contribution >= 4 is 22.4 Å². The van der Waals surface area contributed by atoms with Gasteiger partial charge in [0.25, 0.3) is 0 Å². The highest BCUT2D eigenvalue weighted by atomic mass is 19.4. The van der Waals surface area contributed by atoms with Gasteiger partial charge in [0.2, 0.25) is 0 Å². The fourth-order valence-corrected chi connectivity index (χ4v) is 2.77. The van der Waals surface area contributed by atoms with E-state index in [4.69, 9.17) is 0 Å². The summed E-state index contributed by atoms with van der Waals surface area (Å²) in [6.45, 7) is 1.11. The Morgan fingerprint density at radius 3 is 2.37 bits per heavy atom. The van der Waals surface area contributed by atoms with E-state index in [9.17, 15) is 31.1 Å². The summed E-state index contributed by atoms with van der Waals surface area (Å²) >= 11 is 0. The molecule has 0 bridgehead atoms. The quantitative estimate of drug-likeness (QED) is 0.760. The summed E-state index contributed by atoms with van der Waals surface area (Å²) in [5, 5.41) is 5.42. The first-order valence-corrected chi connectivity index (χ1v) is 8.09. The SMILES string of the molecule is O=C(CNc1cc(C(F)(F)F)nc2ccc(C(F)(F)F)cc12)CC1CNC1. The number of rotatable bonds is 5. The second-order valence-electron chi connectivity index (χ2n) is 6.40. The minimum Gasteiger partial charge on any atom is -0.377 e. The van der Waals surface area contributed by atoms with Gasteiger partial charge in [0, 0.05) is 17.5 Å². The molecule has 1 aliphatic heterocycles. The molecule has 0 unspecified atom stereocenters. The largest absolute Gasteiger partial charge is 0.433 e. The highest BCUT2D eigenvalue weighted by molar-refractivity contribution is 5.94. The molecule has 0 aliphatic carbocycles. The normalized spacial score (nSPS) is 15.6. The van der Waals surface area contributed by atoms with E-state index in [2.05, 4.69) is 15.6 Å². The first-order chi connectivity index (χ1) is 12.5. The number of hydrogen-bond acceptors (Lipinski definition) is 4. The van der Waals surface area contributed by atoms with Gasteiger partial charge < -0.3 is 10.6 Å². The summed E-state index contributed by atoms with van der Waals surface area (Å²) in [6.07, 6.45) is -9.17. The van der Waals surface area contributed by atoms with Crippen molar-refractivity contribution in [3.8, 4) is 0 Å². The molecule has 2 aromatic rings. The lowest BCUT2D eigenvalue weighted by Gasteiger charge is -2.26. The highest BCUT2D eigenvalue weighted by Crippen LogP contribution is 2.36. The molecule has 0 radical (unpaired) electrons. The van der Waals surface area contributed by atoms with Crippen LogP contribution in [0.15, 0.2) is 24.3 Å². The van der Waals surface area contributed by atoms with Crippen LogP contribution < -0.4 is 10.6 Å². The first kappa shape index (κ1) is 19.4. The number of carbonyl (C=O) groups excluding carboxylic acids is 1. The summed E-state index contributed by atoms with van der Waals surface area (Å²) in [6, 6.07) is 2.92. The number of nitrogens with one attached hydrogen (secondary N) is 2. The maximum absolute atomic E-state index is 13.0. The average molecular weight is 391 g/mol. The summed E-state index contributed by atoms with van der Waals surface area (Å²) < 4.78 is 77.9. The molecular formula is C17H15F6N3O. The van der Waals surface area contributed by atoms with E-state index in [1.165, 1.54) is 0 Å². The third-order valence-electron chi connectivity index (χ3n) is 4.28. The Bertz CT molecular complexity index is 858. The van der Waals surface area contributed by atoms with Gasteiger partial charge in [0.1, 0.15) is 5.69 Å². The van der Waals surface area contributed by atoms with E-state index in [1.807, 2.05) is 0 Å². The van der Waals surface area contributed by atoms with Crippen LogP contribution in [0.5, 0.6) is 0 Å². The number of hydrogen-bond donors (Lipinski definition) is 2. The highest BCUT2D eigenvalue weighted by Gasteiger charge is 2.35. The van der Waals surface area contributed by atoms with Gasteiger partial charge in [-0.2, -0.15) is 26.3 Å². The number of pyridine rings is 1. The van der Waals surface area contributed by atoms with Crippen molar-refractivity contribution in [3.63, 3.8) is 0 Å². The van der Waals surface area contributed by atoms with Crippen molar-refractivity contribution in [2.24, 2.45) is 5.92 Å². The van der Waals surface area contributed by atoms with E-state index >= 15 is 0 Å². The summed E-state index contributed by atoms with van der Waals surface area (Å²) in [5.41, 5.74) is -2.70. The third kappa shape index (κ3) is 4.49. The zero-order valence-electron chi connectivity index (χ0n) is 13.8. The lowest BCUT2D eigenvalue weighted by molar-refractivity contribution is -0.141. The van der Waals surface area contributed by atoms with E-state index < -0.39 is 23.6 Å². The number of ketones is 1. The van der Waals surface area contributed by atoms with Crippen LogP contribution in [-0.2, 0) is 17.1 Å². The van der Waals surface area contributed by atoms with Gasteiger partial charge in [-0.15, -0.1) is 0 Å². The Kier molecular flexibility index (Phi) is 5.02. The molecule has 4 nitrogen and oxygen atoms in total. The van der Waals surface area contributed by atoms with Crippen molar-refractivity contribution in [3.05, 3.63) is 35.5 Å². The lowest BCUT2D eigenvalue weighted by Crippen LogP contribution is -2.43. The first-order valence-electron chi connectivity index (χ1n) is 8.09. The molecule has 0 amide bonds. The van der Waals surface area contributed by atoms with Gasteiger partial charge in [-0.1, -0.05) is 0 Å². The zero-order valence-corrected chi connectivity index (χ0v) is 13.8. The number of carbonyl (C=O) groups is 1. The second-order valence-corrected chi connectivity index (χ2v) is 6.40. The van der Waals surface area contributed by atoms with Crippen LogP contribution in [0.2, 0.25) is 0 Å². The molecule has 10 heteroatoms. The van der Waals surface area contributed by atoms with E-state index in [1.54, 1.807) is 0 Å². The zero-order chi connectivity index (χ0) is 19.8. The summed E-state index contributed by atoms with van der Waals surface area (Å²) in [4.78, 5) is 15.4. The van der Waals surface area contributed by atoms with Crippen LogP contribution in [-0.4, -0.2) is 30.4 Å². The summed E-state index contributed by atoms with van der Waals surface area (Å²) in [7, 11) is 0. The predicted molar refractivity (Wildman–Crippen MR) is 86.2 cm³/mol. The second kappa shape index (κ2) is 6.99. The fourth-order valence-electron chi connectivity index (χ4n) is 2.77. The van der Waals surface area contributed by atoms with E-state index in [-0.39, 0.29) is 41.3 Å². The monoisotopic (exact) mass is 391 g/mol. The van der Waals surface area contributed by atoms with Gasteiger partial charge in [0.05, 0.1) is 17.6 Å². The van der Waals surface area contributed by atoms with Crippen LogP contribution >= 0.6 is 0 Å². The Hall–Kier alpha value is -2.36. The Balaban J connectivity index is 1.94. The molecular weight excluding hydrogens is 376 g/mol. The molecule has 0 saturated carbocycles. The number of benzene rings is 1. The third-order valence-corrected chi connectivity index (χ3v) is 4.28. The number of aromatic nitrogens is 1. The number of halogens is 6. The van der Waals surface area contributed by atoms with Crippen molar-refractivity contribution in [1.29, 1.82) is 0 Å². The molecule has 1 aromatic carbocycles. The Morgan fingerprint density at radius 1 is 1.11 bits per heavy atom. The van der Waals surface area contributed by atoms with Gasteiger partial charge in [0.15, 0.2) is 5.78 Å². The Labute approximate surface area is 150 Å². The van der Waals surface area contributed by atoms with Gasteiger partial charge in [-0.25, -0.2) is 4.98 Å². The maximum atomic E-state index is 13.0. The number of anilines is 1. The van der Waals surface area contributed by atoms with Crippen LogP contribution in [0.1, 0.15) is 17.7 Å². The molecule has 2 heterocycles. The lowest BCUT2D eigenvalue weighted by atomic mass is 9.97. The number of Topliss-reactive ketones (excluding diaryl/α,β-unsaturated/α-hetero) is 1. The topological polar surface area (TPSA) is 54.0 Å². The molecule has 0 atom stereocenters. The molecule has 1 aromatic heterocycles. The van der Waals surface area contributed by atoms with Crippen LogP contribution in [0.25, 0.3) is 10.9 Å². The van der Waals surface area contributed by atoms with E-state index in [0.29, 0.717) is 25.2 Å². The van der Waals surface area contributed by atoms with Gasteiger partial charge >= 0.3 is 12.4 Å². The van der Waals surface area contributed by atoms with Crippen molar-refractivity contribution in [2.45, 2.75) is 18.8 Å². The molecule has 2 N–H and O–H groups in total. The smallest absolute Gasteiger partial charge is 0.377 e. The fraction of sp³-hybridized carbons (Fsp3) is 0.412. The molecule has 1 fully saturated rings. The minimum atomic E-state index is -4.77. The predicted octanol–water partition coefficient (Wildman–Crippen LogP) is 3.86. The molecule has 1 saturated heterocycles. The summed E-state index contributed by atoms with van der Waals surface area (Å²) in [5.74, 6) is -0.0527. The van der Waals surface area contributed by atoms with Crippen LogP contribution in [0, 0.1) is 5.92 Å². The number of fused-ring (bicyclic) bond motifs is 1. The van der Waals surface area contributed by atoms with Gasteiger partial charge in [-0.3, -0.25) is 4.79 Å². The van der Waals surface area contributed by atoms with Crippen molar-refractivity contribution < 1.29 is 31.1 Å². The van der Waals surface area contributed by atoms with Gasteiger partial charge in [-0.05, 0) is 43.3 Å². The molecule has 1 aliphatic rings. The van der Waals surface area contributed by atoms with E-state index in [0.717, 1.165) is 12.1 Å². The number of nitrogens with zero attached hydrogens (tertiary/aromatic N) is 1. The maximum Gasteiger partial charge on any atom is 0.433 e. The number of alkyl halides is 6. The minimum absolute atomic E-state index is 0.129. The molecule has 27 heavy (non-hydrogen) atoms. The van der Waals surface area contributed by atoms with Crippen molar-refractivity contribution in [1.82, 2.24) is 10.3 Å². The average Bonchev–Trinajstić information content (AvgIpc) is 2.53. The van der Waals surface area contributed by atoms with Crippen molar-refractivity contribution in [2.75, 3.05) is 25.0 Å². The van der Waals surface area contributed by atoms with Crippen LogP contribution in [0.3, 0.4) is 0 Å². The standard InChI is InChI=1S/C17H15F6N3O/c18-16(19,20)10-1-2-13-12(4-10)14(5-15(26-13)17(21,22)23)25-8-11(27)3-9-6-24-7-9/h1-2,4-5,9,24H,3,6-8H2,(H,25,26). The molecule has 3 rings (SSSR count). The Morgan fingerprint density at radius 2 is 1.81 bits per heavy atom.